The Morgan fingerprint density at radius 1 is 0.842 bits per heavy atom. The number of rotatable bonds is 6. The molecule has 192 valence electrons. The zero-order valence-corrected chi connectivity index (χ0v) is 22.6. The SMILES string of the molecule is Cc1ccccc1C(=O)C1C(c2sccc2C)C(C(N)=O)N(C(=O)c2ccccc2)C1c1ccc(Cl)cc1. The van der Waals surface area contributed by atoms with Crippen molar-refractivity contribution in [1.29, 1.82) is 0 Å². The lowest BCUT2D eigenvalue weighted by Crippen LogP contribution is -2.46. The van der Waals surface area contributed by atoms with E-state index in [4.69, 9.17) is 17.3 Å². The summed E-state index contributed by atoms with van der Waals surface area (Å²) in [5.74, 6) is -2.50. The molecule has 0 saturated carbocycles. The number of nitrogens with two attached hydrogens (primary N) is 1. The minimum absolute atomic E-state index is 0.129. The quantitative estimate of drug-likeness (QED) is 0.288. The normalized spacial score (nSPS) is 20.9. The maximum atomic E-state index is 14.5. The van der Waals surface area contributed by atoms with Gasteiger partial charge in [0.1, 0.15) is 6.04 Å². The number of halogens is 1. The molecular formula is C31H27ClN2O3S. The van der Waals surface area contributed by atoms with Gasteiger partial charge in [-0.15, -0.1) is 11.3 Å². The van der Waals surface area contributed by atoms with Gasteiger partial charge in [-0.05, 0) is 66.2 Å². The predicted octanol–water partition coefficient (Wildman–Crippen LogP) is 6.35. The molecule has 5 nitrogen and oxygen atoms in total. The van der Waals surface area contributed by atoms with Crippen molar-refractivity contribution in [2.75, 3.05) is 0 Å². The molecule has 4 unspecified atom stereocenters. The summed E-state index contributed by atoms with van der Waals surface area (Å²) in [7, 11) is 0. The Hall–Kier alpha value is -3.74. The van der Waals surface area contributed by atoms with Crippen LogP contribution >= 0.6 is 22.9 Å². The van der Waals surface area contributed by atoms with Gasteiger partial charge in [-0.1, -0.05) is 66.2 Å². The van der Waals surface area contributed by atoms with Crippen LogP contribution in [0.25, 0.3) is 0 Å². The lowest BCUT2D eigenvalue weighted by atomic mass is 9.77. The first-order valence-corrected chi connectivity index (χ1v) is 13.6. The van der Waals surface area contributed by atoms with Crippen molar-refractivity contribution in [3.05, 3.63) is 128 Å². The van der Waals surface area contributed by atoms with Crippen LogP contribution in [-0.2, 0) is 4.79 Å². The van der Waals surface area contributed by atoms with Gasteiger partial charge in [-0.3, -0.25) is 14.4 Å². The summed E-state index contributed by atoms with van der Waals surface area (Å²) in [4.78, 5) is 44.3. The number of ketones is 1. The van der Waals surface area contributed by atoms with Crippen LogP contribution in [0.1, 0.15) is 54.2 Å². The van der Waals surface area contributed by atoms with Gasteiger partial charge in [0.15, 0.2) is 5.78 Å². The molecule has 1 aliphatic rings. The first-order valence-electron chi connectivity index (χ1n) is 12.4. The molecule has 1 saturated heterocycles. The Morgan fingerprint density at radius 2 is 1.50 bits per heavy atom. The summed E-state index contributed by atoms with van der Waals surface area (Å²) in [6.07, 6.45) is 0. The molecule has 1 fully saturated rings. The highest BCUT2D eigenvalue weighted by Gasteiger charge is 2.57. The second-order valence-electron chi connectivity index (χ2n) is 9.62. The summed E-state index contributed by atoms with van der Waals surface area (Å²) in [5, 5.41) is 2.48. The molecule has 3 aromatic carbocycles. The zero-order chi connectivity index (χ0) is 27.0. The minimum atomic E-state index is -1.03. The Morgan fingerprint density at radius 3 is 2.11 bits per heavy atom. The Bertz CT molecular complexity index is 1500. The average molecular weight is 543 g/mol. The van der Waals surface area contributed by atoms with Crippen LogP contribution in [0.2, 0.25) is 5.02 Å². The highest BCUT2D eigenvalue weighted by molar-refractivity contribution is 7.10. The topological polar surface area (TPSA) is 80.5 Å². The van der Waals surface area contributed by atoms with E-state index in [0.29, 0.717) is 21.7 Å². The number of likely N-dealkylation sites (tertiary alicyclic amines) is 1. The molecule has 4 atom stereocenters. The van der Waals surface area contributed by atoms with Gasteiger partial charge < -0.3 is 10.6 Å². The Kier molecular flexibility index (Phi) is 7.19. The lowest BCUT2D eigenvalue weighted by Gasteiger charge is -2.31. The molecule has 5 rings (SSSR count). The van der Waals surface area contributed by atoms with Gasteiger partial charge in [0.05, 0.1) is 12.0 Å². The summed E-state index contributed by atoms with van der Waals surface area (Å²) >= 11 is 7.70. The molecule has 1 aromatic heterocycles. The first kappa shape index (κ1) is 25.9. The first-order chi connectivity index (χ1) is 18.3. The molecule has 0 bridgehead atoms. The third kappa shape index (κ3) is 4.55. The lowest BCUT2D eigenvalue weighted by molar-refractivity contribution is -0.122. The summed E-state index contributed by atoms with van der Waals surface area (Å²) < 4.78 is 0. The summed E-state index contributed by atoms with van der Waals surface area (Å²) in [5.41, 5.74) is 9.57. The molecule has 2 N–H and O–H groups in total. The van der Waals surface area contributed by atoms with E-state index >= 15 is 0 Å². The van der Waals surface area contributed by atoms with Crippen molar-refractivity contribution in [3.63, 3.8) is 0 Å². The highest BCUT2D eigenvalue weighted by atomic mass is 35.5. The number of Topliss-reactive ketones (excluding diaryl/α,β-unsaturated/α-hetero) is 1. The molecule has 1 aliphatic heterocycles. The number of aryl methyl sites for hydroxylation is 2. The molecule has 38 heavy (non-hydrogen) atoms. The smallest absolute Gasteiger partial charge is 0.255 e. The van der Waals surface area contributed by atoms with E-state index in [2.05, 4.69) is 0 Å². The molecule has 0 radical (unpaired) electrons. The monoisotopic (exact) mass is 542 g/mol. The van der Waals surface area contributed by atoms with E-state index in [1.807, 2.05) is 61.7 Å². The molecular weight excluding hydrogens is 516 g/mol. The van der Waals surface area contributed by atoms with E-state index in [1.165, 1.54) is 16.2 Å². The minimum Gasteiger partial charge on any atom is -0.368 e. The summed E-state index contributed by atoms with van der Waals surface area (Å²) in [6, 6.07) is 23.5. The predicted molar refractivity (Wildman–Crippen MR) is 151 cm³/mol. The molecule has 0 spiro atoms. The average Bonchev–Trinajstić information content (AvgIpc) is 3.50. The fourth-order valence-corrected chi connectivity index (χ4v) is 6.84. The summed E-state index contributed by atoms with van der Waals surface area (Å²) in [6.45, 7) is 3.85. The number of nitrogens with zero attached hydrogens (tertiary/aromatic N) is 1. The number of amides is 2. The van der Waals surface area contributed by atoms with Crippen molar-refractivity contribution in [3.8, 4) is 0 Å². The highest BCUT2D eigenvalue weighted by Crippen LogP contribution is 2.53. The number of primary amides is 1. The molecule has 2 amide bonds. The van der Waals surface area contributed by atoms with Crippen molar-refractivity contribution in [2.45, 2.75) is 31.8 Å². The van der Waals surface area contributed by atoms with E-state index in [0.717, 1.165) is 16.0 Å². The van der Waals surface area contributed by atoms with Gasteiger partial charge in [0.25, 0.3) is 5.91 Å². The van der Waals surface area contributed by atoms with E-state index in [-0.39, 0.29) is 11.7 Å². The van der Waals surface area contributed by atoms with Gasteiger partial charge in [-0.2, -0.15) is 0 Å². The molecule has 0 aliphatic carbocycles. The maximum absolute atomic E-state index is 14.5. The van der Waals surface area contributed by atoms with E-state index in [1.54, 1.807) is 42.5 Å². The fraction of sp³-hybridized carbons (Fsp3) is 0.194. The number of hydrogen-bond donors (Lipinski definition) is 1. The van der Waals surface area contributed by atoms with Gasteiger partial charge in [-0.25, -0.2) is 0 Å². The maximum Gasteiger partial charge on any atom is 0.255 e. The van der Waals surface area contributed by atoms with Crippen LogP contribution in [0.15, 0.2) is 90.3 Å². The number of thiophene rings is 1. The molecule has 4 aromatic rings. The second kappa shape index (κ2) is 10.6. The number of hydrogen-bond acceptors (Lipinski definition) is 4. The van der Waals surface area contributed by atoms with Gasteiger partial charge in [0.2, 0.25) is 5.91 Å². The fourth-order valence-electron chi connectivity index (χ4n) is 5.60. The van der Waals surface area contributed by atoms with Crippen molar-refractivity contribution < 1.29 is 14.4 Å². The molecule has 7 heteroatoms. The van der Waals surface area contributed by atoms with Gasteiger partial charge >= 0.3 is 0 Å². The number of carbonyl (C=O) groups is 3. The van der Waals surface area contributed by atoms with E-state index in [9.17, 15) is 14.4 Å². The number of benzene rings is 3. The third-order valence-corrected chi connectivity index (χ3v) is 8.71. The van der Waals surface area contributed by atoms with Crippen LogP contribution in [0.3, 0.4) is 0 Å². The largest absolute Gasteiger partial charge is 0.368 e. The van der Waals surface area contributed by atoms with Crippen LogP contribution < -0.4 is 5.73 Å². The van der Waals surface area contributed by atoms with Crippen LogP contribution in [0, 0.1) is 19.8 Å². The van der Waals surface area contributed by atoms with Crippen LogP contribution in [-0.4, -0.2) is 28.5 Å². The van der Waals surface area contributed by atoms with Crippen LogP contribution in [0.4, 0.5) is 0 Å². The van der Waals surface area contributed by atoms with Crippen molar-refractivity contribution in [2.24, 2.45) is 11.7 Å². The van der Waals surface area contributed by atoms with Crippen molar-refractivity contribution >= 4 is 40.5 Å². The second-order valence-corrected chi connectivity index (χ2v) is 11.0. The zero-order valence-electron chi connectivity index (χ0n) is 21.0. The van der Waals surface area contributed by atoms with Crippen LogP contribution in [0.5, 0.6) is 0 Å². The van der Waals surface area contributed by atoms with Gasteiger partial charge in [0, 0.05) is 26.9 Å². The Balaban J connectivity index is 1.79. The van der Waals surface area contributed by atoms with E-state index < -0.39 is 29.8 Å². The standard InChI is InChI=1S/C31H27ClN2O3S/c1-18-8-6-7-11-23(18)28(35)24-25(29-19(2)16-17-38-29)27(30(33)36)34(31(37)21-9-4-3-5-10-21)26(24)20-12-14-22(32)15-13-20/h3-17,24-27H,1-2H3,(H2,33,36). The van der Waals surface area contributed by atoms with Crippen molar-refractivity contribution in [1.82, 2.24) is 4.90 Å². The third-order valence-electron chi connectivity index (χ3n) is 7.34. The molecule has 2 heterocycles. The number of carbonyl (C=O) groups excluding carboxylic acids is 3. The Labute approximate surface area is 230 Å².